The monoisotopic (exact) mass is 537 g/mol. The van der Waals surface area contributed by atoms with Crippen LogP contribution in [-0.4, -0.2) is 67.4 Å². The number of nitrogens with one attached hydrogen (secondary N) is 2. The highest BCUT2D eigenvalue weighted by Crippen LogP contribution is 2.42. The zero-order valence-corrected chi connectivity index (χ0v) is 22.3. The fourth-order valence-electron chi connectivity index (χ4n) is 6.25. The number of aryl methyl sites for hydroxylation is 1. The molecule has 3 aliphatic heterocycles. The number of carbonyl (C=O) groups excluding carboxylic acids is 1. The molecule has 0 radical (unpaired) electrons. The van der Waals surface area contributed by atoms with Crippen molar-refractivity contribution in [3.8, 4) is 22.8 Å². The summed E-state index contributed by atoms with van der Waals surface area (Å²) in [5.74, 6) is 2.76. The van der Waals surface area contributed by atoms with Gasteiger partial charge in [0.15, 0.2) is 11.5 Å². The summed E-state index contributed by atoms with van der Waals surface area (Å²) in [4.78, 5) is 15.1. The van der Waals surface area contributed by atoms with Crippen LogP contribution in [0.2, 0.25) is 0 Å². The normalized spacial score (nSPS) is 23.9. The van der Waals surface area contributed by atoms with Crippen molar-refractivity contribution in [1.29, 1.82) is 0 Å². The van der Waals surface area contributed by atoms with Crippen molar-refractivity contribution >= 4 is 11.7 Å². The molecule has 2 aromatic carbocycles. The maximum absolute atomic E-state index is 14.2. The summed E-state index contributed by atoms with van der Waals surface area (Å²) in [5, 5.41) is 11.4. The quantitative estimate of drug-likeness (QED) is 0.481. The first-order valence-corrected chi connectivity index (χ1v) is 13.3. The van der Waals surface area contributed by atoms with Crippen LogP contribution in [-0.2, 0) is 0 Å². The number of fused-ring (bicyclic) bond motifs is 2. The van der Waals surface area contributed by atoms with Gasteiger partial charge in [0.05, 0.1) is 26.0 Å². The molecule has 2 saturated heterocycles. The zero-order valence-electron chi connectivity index (χ0n) is 22.3. The molecule has 8 nitrogen and oxygen atoms in total. The molecule has 3 aliphatic rings. The molecule has 1 aromatic heterocycles. The van der Waals surface area contributed by atoms with Gasteiger partial charge in [0.25, 0.3) is 12.3 Å². The standard InChI is InChI=1S/C29H33F2N5O3/c1-16-8-18(29(37)35-14-19-12-32-13-20(19)15-35)4-6-21(16)23-11-27-33-22(10-24(28(30)31)36(27)34-23)17-5-7-25(38-2)26(9-17)39-3/h4-9,11,19-20,22,24,28,32-33H,10,12-15H2,1-3H3. The van der Waals surface area contributed by atoms with E-state index in [0.717, 1.165) is 42.9 Å². The Kier molecular flexibility index (Phi) is 6.66. The average molecular weight is 538 g/mol. The Bertz CT molecular complexity index is 1380. The lowest BCUT2D eigenvalue weighted by molar-refractivity contribution is 0.0659. The number of hydrogen-bond acceptors (Lipinski definition) is 6. The first kappa shape index (κ1) is 25.6. The number of aromatic nitrogens is 2. The Morgan fingerprint density at radius 2 is 1.77 bits per heavy atom. The van der Waals surface area contributed by atoms with Crippen molar-refractivity contribution in [2.24, 2.45) is 11.8 Å². The lowest BCUT2D eigenvalue weighted by Gasteiger charge is -2.32. The van der Waals surface area contributed by atoms with Gasteiger partial charge in [0, 0.05) is 43.4 Å². The largest absolute Gasteiger partial charge is 0.493 e. The van der Waals surface area contributed by atoms with Crippen LogP contribution in [0.25, 0.3) is 11.3 Å². The molecular weight excluding hydrogens is 504 g/mol. The van der Waals surface area contributed by atoms with Crippen LogP contribution in [0.15, 0.2) is 42.5 Å². The molecule has 2 N–H and O–H groups in total. The van der Waals surface area contributed by atoms with Crippen molar-refractivity contribution in [1.82, 2.24) is 20.0 Å². The molecule has 2 fully saturated rings. The average Bonchev–Trinajstić information content (AvgIpc) is 3.66. The van der Waals surface area contributed by atoms with Crippen LogP contribution in [0.3, 0.4) is 0 Å². The van der Waals surface area contributed by atoms with Crippen LogP contribution in [0.5, 0.6) is 11.5 Å². The Hall–Kier alpha value is -3.66. The highest BCUT2D eigenvalue weighted by Gasteiger charge is 2.38. The molecule has 3 aromatic rings. The topological polar surface area (TPSA) is 80.7 Å². The van der Waals surface area contributed by atoms with Gasteiger partial charge in [0.1, 0.15) is 11.9 Å². The van der Waals surface area contributed by atoms with Crippen molar-refractivity contribution in [3.05, 3.63) is 59.2 Å². The molecule has 1 amide bonds. The molecule has 4 atom stereocenters. The highest BCUT2D eigenvalue weighted by molar-refractivity contribution is 5.95. The number of methoxy groups -OCH3 is 2. The number of hydrogen-bond donors (Lipinski definition) is 2. The van der Waals surface area contributed by atoms with Gasteiger partial charge in [-0.15, -0.1) is 0 Å². The molecule has 4 unspecified atom stereocenters. The number of halogens is 2. The fraction of sp³-hybridized carbons (Fsp3) is 0.448. The van der Waals surface area contributed by atoms with Crippen molar-refractivity contribution in [3.63, 3.8) is 0 Å². The van der Waals surface area contributed by atoms with Gasteiger partial charge < -0.3 is 25.0 Å². The summed E-state index contributed by atoms with van der Waals surface area (Å²) in [6.45, 7) is 5.44. The minimum atomic E-state index is -2.59. The molecule has 0 bridgehead atoms. The Morgan fingerprint density at radius 3 is 2.44 bits per heavy atom. The van der Waals surface area contributed by atoms with E-state index in [2.05, 4.69) is 15.7 Å². The van der Waals surface area contributed by atoms with E-state index < -0.39 is 12.5 Å². The predicted octanol–water partition coefficient (Wildman–Crippen LogP) is 4.53. The first-order chi connectivity index (χ1) is 18.9. The fourth-order valence-corrected chi connectivity index (χ4v) is 6.25. The lowest BCUT2D eigenvalue weighted by atomic mass is 9.97. The van der Waals surface area contributed by atoms with E-state index in [1.807, 2.05) is 42.2 Å². The number of anilines is 1. The van der Waals surface area contributed by atoms with E-state index in [0.29, 0.717) is 40.4 Å². The number of carbonyl (C=O) groups is 1. The smallest absolute Gasteiger partial charge is 0.260 e. The third kappa shape index (κ3) is 4.60. The minimum absolute atomic E-state index is 0.0420. The third-order valence-corrected chi connectivity index (χ3v) is 8.38. The van der Waals surface area contributed by atoms with Crippen molar-refractivity contribution in [2.45, 2.75) is 31.9 Å². The summed E-state index contributed by atoms with van der Waals surface area (Å²) >= 11 is 0. The molecule has 4 heterocycles. The second-order valence-electron chi connectivity index (χ2n) is 10.7. The summed E-state index contributed by atoms with van der Waals surface area (Å²) < 4.78 is 40.6. The second kappa shape index (κ2) is 10.1. The molecule has 10 heteroatoms. The van der Waals surface area contributed by atoms with Crippen molar-refractivity contribution in [2.75, 3.05) is 45.7 Å². The maximum Gasteiger partial charge on any atom is 0.260 e. The Balaban J connectivity index is 1.26. The van der Waals surface area contributed by atoms with Crippen LogP contribution in [0.4, 0.5) is 14.6 Å². The van der Waals surface area contributed by atoms with Gasteiger partial charge in [-0.2, -0.15) is 5.10 Å². The second-order valence-corrected chi connectivity index (χ2v) is 10.7. The van der Waals surface area contributed by atoms with Crippen molar-refractivity contribution < 1.29 is 23.0 Å². The third-order valence-electron chi connectivity index (χ3n) is 8.38. The zero-order chi connectivity index (χ0) is 27.3. The van der Waals surface area contributed by atoms with E-state index in [4.69, 9.17) is 9.47 Å². The van der Waals surface area contributed by atoms with Crippen LogP contribution in [0, 0.1) is 18.8 Å². The SMILES string of the molecule is COc1ccc(C2CC(C(F)F)n3nc(-c4ccc(C(=O)N5CC6CNCC6C5)cc4C)cc3N2)cc1OC. The van der Waals surface area contributed by atoms with Gasteiger partial charge in [-0.1, -0.05) is 12.1 Å². The molecule has 39 heavy (non-hydrogen) atoms. The summed E-state index contributed by atoms with van der Waals surface area (Å²) in [5.41, 5.74) is 3.75. The number of ether oxygens (including phenoxy) is 2. The number of nitrogens with zero attached hydrogens (tertiary/aromatic N) is 3. The van der Waals surface area contributed by atoms with Crippen LogP contribution < -0.4 is 20.1 Å². The number of alkyl halides is 2. The van der Waals surface area contributed by atoms with Gasteiger partial charge >= 0.3 is 0 Å². The number of amides is 1. The number of benzene rings is 2. The maximum atomic E-state index is 14.2. The Morgan fingerprint density at radius 1 is 1.03 bits per heavy atom. The summed E-state index contributed by atoms with van der Waals surface area (Å²) in [6, 6.07) is 11.4. The van der Waals surface area contributed by atoms with Gasteiger partial charge in [-0.05, 0) is 60.6 Å². The molecule has 0 spiro atoms. The van der Waals surface area contributed by atoms with E-state index in [9.17, 15) is 13.6 Å². The van der Waals surface area contributed by atoms with Crippen LogP contribution in [0.1, 0.15) is 40.0 Å². The molecule has 0 aliphatic carbocycles. The molecular formula is C29H33F2N5O3. The minimum Gasteiger partial charge on any atom is -0.493 e. The van der Waals surface area contributed by atoms with Crippen LogP contribution >= 0.6 is 0 Å². The van der Waals surface area contributed by atoms with E-state index in [-0.39, 0.29) is 18.4 Å². The molecule has 0 saturated carbocycles. The highest BCUT2D eigenvalue weighted by atomic mass is 19.3. The number of rotatable bonds is 6. The predicted molar refractivity (Wildman–Crippen MR) is 144 cm³/mol. The summed E-state index contributed by atoms with van der Waals surface area (Å²) in [6.07, 6.45) is -2.42. The molecule has 206 valence electrons. The van der Waals surface area contributed by atoms with E-state index in [1.54, 1.807) is 26.4 Å². The first-order valence-electron chi connectivity index (χ1n) is 13.3. The van der Waals surface area contributed by atoms with Gasteiger partial charge in [0.2, 0.25) is 0 Å². The number of likely N-dealkylation sites (tertiary alicyclic amines) is 1. The Labute approximate surface area is 226 Å². The van der Waals surface area contributed by atoms with E-state index in [1.165, 1.54) is 4.68 Å². The van der Waals surface area contributed by atoms with E-state index >= 15 is 0 Å². The lowest BCUT2D eigenvalue weighted by Crippen LogP contribution is -2.31. The van der Waals surface area contributed by atoms with Gasteiger partial charge in [-0.25, -0.2) is 13.5 Å². The molecule has 6 rings (SSSR count). The van der Waals surface area contributed by atoms with Gasteiger partial charge in [-0.3, -0.25) is 4.79 Å². The summed E-state index contributed by atoms with van der Waals surface area (Å²) in [7, 11) is 3.11.